The molecule has 140 valence electrons. The molecule has 0 aliphatic carbocycles. The maximum absolute atomic E-state index is 12.7. The van der Waals surface area contributed by atoms with Gasteiger partial charge in [-0.25, -0.2) is 18.4 Å². The van der Waals surface area contributed by atoms with Crippen LogP contribution < -0.4 is 9.62 Å². The number of sulfonamides is 1. The third-order valence-electron chi connectivity index (χ3n) is 5.04. The van der Waals surface area contributed by atoms with Gasteiger partial charge in [-0.2, -0.15) is 0 Å². The van der Waals surface area contributed by atoms with Crippen molar-refractivity contribution >= 4 is 21.7 Å². The lowest BCUT2D eigenvalue weighted by Crippen LogP contribution is -2.34. The minimum Gasteiger partial charge on any atom is -0.341 e. The molecule has 1 saturated heterocycles. The monoisotopic (exact) mass is 374 g/mol. The fourth-order valence-corrected chi connectivity index (χ4v) is 4.52. The van der Waals surface area contributed by atoms with E-state index in [1.807, 2.05) is 19.9 Å². The number of nitrogens with zero attached hydrogens (tertiary/aromatic N) is 3. The number of anilines is 2. The van der Waals surface area contributed by atoms with Gasteiger partial charge in [0.1, 0.15) is 0 Å². The molecule has 2 aromatic rings. The van der Waals surface area contributed by atoms with Gasteiger partial charge in [-0.1, -0.05) is 13.0 Å². The zero-order chi connectivity index (χ0) is 18.9. The molecule has 1 aliphatic heterocycles. The second-order valence-corrected chi connectivity index (χ2v) is 8.90. The molecule has 0 saturated carbocycles. The Labute approximate surface area is 155 Å². The minimum atomic E-state index is -3.67. The van der Waals surface area contributed by atoms with Crippen molar-refractivity contribution in [2.24, 2.45) is 5.92 Å². The topological polar surface area (TPSA) is 75.2 Å². The van der Waals surface area contributed by atoms with E-state index in [2.05, 4.69) is 26.5 Å². The fourth-order valence-electron chi connectivity index (χ4n) is 3.18. The maximum atomic E-state index is 12.7. The van der Waals surface area contributed by atoms with Crippen LogP contribution in [0.2, 0.25) is 0 Å². The van der Waals surface area contributed by atoms with Crippen LogP contribution in [0.5, 0.6) is 0 Å². The van der Waals surface area contributed by atoms with Crippen LogP contribution in [-0.4, -0.2) is 31.5 Å². The van der Waals surface area contributed by atoms with E-state index in [0.717, 1.165) is 48.5 Å². The number of aromatic nitrogens is 2. The average molecular weight is 375 g/mol. The Bertz CT molecular complexity index is 887. The minimum absolute atomic E-state index is 0.287. The Morgan fingerprint density at radius 3 is 2.19 bits per heavy atom. The van der Waals surface area contributed by atoms with Crippen molar-refractivity contribution in [3.63, 3.8) is 0 Å². The Morgan fingerprint density at radius 2 is 1.58 bits per heavy atom. The summed E-state index contributed by atoms with van der Waals surface area (Å²) < 4.78 is 28.1. The molecule has 1 aromatic heterocycles. The Kier molecular flexibility index (Phi) is 5.18. The van der Waals surface area contributed by atoms with Crippen LogP contribution in [0.3, 0.4) is 0 Å². The number of aryl methyl sites for hydroxylation is 3. The zero-order valence-electron chi connectivity index (χ0n) is 15.8. The summed E-state index contributed by atoms with van der Waals surface area (Å²) in [6.07, 6.45) is 5.33. The first kappa shape index (κ1) is 18.6. The summed E-state index contributed by atoms with van der Waals surface area (Å²) in [5, 5.41) is 0. The lowest BCUT2D eigenvalue weighted by Gasteiger charge is -2.30. The summed E-state index contributed by atoms with van der Waals surface area (Å²) >= 11 is 0. The quantitative estimate of drug-likeness (QED) is 0.887. The predicted octanol–water partition coefficient (Wildman–Crippen LogP) is 3.44. The van der Waals surface area contributed by atoms with Gasteiger partial charge in [0.05, 0.1) is 23.0 Å². The lowest BCUT2D eigenvalue weighted by atomic mass is 10.00. The van der Waals surface area contributed by atoms with E-state index in [1.54, 1.807) is 13.0 Å². The second kappa shape index (κ2) is 7.23. The Hall–Kier alpha value is -2.15. The molecule has 0 atom stereocenters. The molecule has 26 heavy (non-hydrogen) atoms. The van der Waals surface area contributed by atoms with E-state index in [1.165, 1.54) is 12.4 Å². The van der Waals surface area contributed by atoms with Gasteiger partial charge in [-0.05, 0) is 62.3 Å². The largest absolute Gasteiger partial charge is 0.341 e. The molecule has 0 unspecified atom stereocenters. The van der Waals surface area contributed by atoms with Crippen LogP contribution in [0.25, 0.3) is 0 Å². The normalized spacial score (nSPS) is 15.9. The molecule has 2 heterocycles. The average Bonchev–Trinajstić information content (AvgIpc) is 2.59. The van der Waals surface area contributed by atoms with E-state index in [4.69, 9.17) is 0 Å². The highest BCUT2D eigenvalue weighted by Gasteiger charge is 2.20. The van der Waals surface area contributed by atoms with E-state index >= 15 is 0 Å². The molecular formula is C19H26N4O2S. The number of hydrogen-bond donors (Lipinski definition) is 1. The standard InChI is InChI=1S/C19H26N4O2S/c1-13-5-7-23(8-6-13)19-20-11-17(12-21-19)22-26(24,25)18-10-15(3)14(2)9-16(18)4/h9-13,22H,5-8H2,1-4H3. The van der Waals surface area contributed by atoms with Gasteiger partial charge in [0.15, 0.2) is 0 Å². The third-order valence-corrected chi connectivity index (χ3v) is 6.56. The molecule has 0 radical (unpaired) electrons. The van der Waals surface area contributed by atoms with Gasteiger partial charge in [-0.3, -0.25) is 4.72 Å². The Morgan fingerprint density at radius 1 is 1.00 bits per heavy atom. The van der Waals surface area contributed by atoms with Crippen LogP contribution in [-0.2, 0) is 10.0 Å². The number of benzene rings is 1. The molecule has 1 fully saturated rings. The highest BCUT2D eigenvalue weighted by molar-refractivity contribution is 7.92. The molecule has 0 bridgehead atoms. The fraction of sp³-hybridized carbons (Fsp3) is 0.474. The van der Waals surface area contributed by atoms with Crippen molar-refractivity contribution in [3.8, 4) is 0 Å². The van der Waals surface area contributed by atoms with Crippen molar-refractivity contribution < 1.29 is 8.42 Å². The summed E-state index contributed by atoms with van der Waals surface area (Å²) in [6, 6.07) is 3.60. The summed E-state index contributed by atoms with van der Waals surface area (Å²) in [7, 11) is -3.67. The van der Waals surface area contributed by atoms with Crippen LogP contribution in [0.4, 0.5) is 11.6 Å². The molecule has 0 amide bonds. The van der Waals surface area contributed by atoms with Crippen molar-refractivity contribution in [2.75, 3.05) is 22.7 Å². The summed E-state index contributed by atoms with van der Waals surface area (Å²) in [4.78, 5) is 11.1. The van der Waals surface area contributed by atoms with E-state index < -0.39 is 10.0 Å². The number of rotatable bonds is 4. The van der Waals surface area contributed by atoms with E-state index in [0.29, 0.717) is 11.6 Å². The van der Waals surface area contributed by atoms with Crippen LogP contribution in [0.15, 0.2) is 29.4 Å². The van der Waals surface area contributed by atoms with Gasteiger partial charge in [0, 0.05) is 13.1 Å². The van der Waals surface area contributed by atoms with E-state index in [9.17, 15) is 8.42 Å². The molecule has 1 N–H and O–H groups in total. The molecular weight excluding hydrogens is 348 g/mol. The first-order valence-electron chi connectivity index (χ1n) is 8.94. The summed E-state index contributed by atoms with van der Waals surface area (Å²) in [5.41, 5.74) is 3.12. The number of nitrogens with one attached hydrogen (secondary N) is 1. The smallest absolute Gasteiger partial charge is 0.262 e. The SMILES string of the molecule is Cc1cc(C)c(S(=O)(=O)Nc2cnc(N3CCC(C)CC3)nc2)cc1C. The van der Waals surface area contributed by atoms with Crippen LogP contribution >= 0.6 is 0 Å². The third kappa shape index (κ3) is 3.98. The molecule has 7 heteroatoms. The second-order valence-electron chi connectivity index (χ2n) is 7.25. The molecule has 6 nitrogen and oxygen atoms in total. The Balaban J connectivity index is 1.77. The first-order chi connectivity index (χ1) is 12.3. The lowest BCUT2D eigenvalue weighted by molar-refractivity contribution is 0.434. The highest BCUT2D eigenvalue weighted by atomic mass is 32.2. The zero-order valence-corrected chi connectivity index (χ0v) is 16.6. The van der Waals surface area contributed by atoms with Crippen LogP contribution in [0, 0.1) is 26.7 Å². The maximum Gasteiger partial charge on any atom is 0.262 e. The van der Waals surface area contributed by atoms with Gasteiger partial charge in [0.25, 0.3) is 10.0 Å². The van der Waals surface area contributed by atoms with Crippen molar-refractivity contribution in [3.05, 3.63) is 41.2 Å². The number of hydrogen-bond acceptors (Lipinski definition) is 5. The van der Waals surface area contributed by atoms with Gasteiger partial charge < -0.3 is 4.90 Å². The number of piperidine rings is 1. The summed E-state index contributed by atoms with van der Waals surface area (Å²) in [6.45, 7) is 9.82. The first-order valence-corrected chi connectivity index (χ1v) is 10.4. The summed E-state index contributed by atoms with van der Waals surface area (Å²) in [5.74, 6) is 1.39. The van der Waals surface area contributed by atoms with Crippen LogP contribution in [0.1, 0.15) is 36.5 Å². The van der Waals surface area contributed by atoms with Gasteiger partial charge in [0.2, 0.25) is 5.95 Å². The predicted molar refractivity (Wildman–Crippen MR) is 104 cm³/mol. The molecule has 3 rings (SSSR count). The molecule has 1 aliphatic rings. The van der Waals surface area contributed by atoms with Gasteiger partial charge in [-0.15, -0.1) is 0 Å². The van der Waals surface area contributed by atoms with E-state index in [-0.39, 0.29) is 4.90 Å². The molecule has 0 spiro atoms. The van der Waals surface area contributed by atoms with Gasteiger partial charge >= 0.3 is 0 Å². The molecule has 1 aromatic carbocycles. The van der Waals surface area contributed by atoms with Crippen molar-refractivity contribution in [2.45, 2.75) is 45.4 Å². The van der Waals surface area contributed by atoms with Crippen molar-refractivity contribution in [1.29, 1.82) is 0 Å². The van der Waals surface area contributed by atoms with Crippen molar-refractivity contribution in [1.82, 2.24) is 9.97 Å². The highest BCUT2D eigenvalue weighted by Crippen LogP contribution is 2.24.